The van der Waals surface area contributed by atoms with Gasteiger partial charge in [-0.15, -0.1) is 0 Å². The third-order valence-corrected chi connectivity index (χ3v) is 4.95. The van der Waals surface area contributed by atoms with Crippen molar-refractivity contribution in [1.82, 2.24) is 10.2 Å². The van der Waals surface area contributed by atoms with Gasteiger partial charge in [-0.25, -0.2) is 4.79 Å². The van der Waals surface area contributed by atoms with E-state index in [1.165, 1.54) is 14.2 Å². The second-order valence-electron chi connectivity index (χ2n) is 6.58. The van der Waals surface area contributed by atoms with E-state index in [0.29, 0.717) is 27.8 Å². The van der Waals surface area contributed by atoms with Gasteiger partial charge in [0.15, 0.2) is 0 Å². The number of ether oxygens (including phenoxy) is 2. The van der Waals surface area contributed by atoms with Gasteiger partial charge in [0.05, 0.1) is 14.2 Å². The normalized spacial score (nSPS) is 18.4. The summed E-state index contributed by atoms with van der Waals surface area (Å²) in [5, 5.41) is 5.61. The zero-order valence-electron chi connectivity index (χ0n) is 16.1. The maximum atomic E-state index is 12.9. The number of hydrogen-bond donors (Lipinski definition) is 2. The summed E-state index contributed by atoms with van der Waals surface area (Å²) in [4.78, 5) is 38.7. The Kier molecular flexibility index (Phi) is 5.65. The highest BCUT2D eigenvalue weighted by Gasteiger charge is 2.50. The van der Waals surface area contributed by atoms with Gasteiger partial charge < -0.3 is 20.1 Å². The van der Waals surface area contributed by atoms with E-state index in [1.54, 1.807) is 49.4 Å². The van der Waals surface area contributed by atoms with Crippen LogP contribution in [0.5, 0.6) is 11.5 Å². The van der Waals surface area contributed by atoms with Crippen molar-refractivity contribution in [2.24, 2.45) is 0 Å². The summed E-state index contributed by atoms with van der Waals surface area (Å²) in [5.41, 5.74) is -0.484. The molecule has 1 atom stereocenters. The fraction of sp³-hybridized carbons (Fsp3) is 0.250. The van der Waals surface area contributed by atoms with Crippen LogP contribution in [0, 0.1) is 0 Å². The highest BCUT2D eigenvalue weighted by atomic mass is 35.5. The number of amides is 4. The van der Waals surface area contributed by atoms with Crippen LogP contribution >= 0.6 is 11.6 Å². The number of anilines is 1. The van der Waals surface area contributed by atoms with E-state index in [9.17, 15) is 14.4 Å². The van der Waals surface area contributed by atoms with Gasteiger partial charge in [-0.2, -0.15) is 0 Å². The van der Waals surface area contributed by atoms with Crippen molar-refractivity contribution in [1.29, 1.82) is 0 Å². The highest BCUT2D eigenvalue weighted by molar-refractivity contribution is 6.32. The first-order valence-corrected chi connectivity index (χ1v) is 9.08. The molecule has 1 aliphatic rings. The largest absolute Gasteiger partial charge is 0.497 e. The smallest absolute Gasteiger partial charge is 0.325 e. The zero-order valence-corrected chi connectivity index (χ0v) is 16.9. The molecule has 1 fully saturated rings. The number of nitrogens with one attached hydrogen (secondary N) is 2. The van der Waals surface area contributed by atoms with Crippen molar-refractivity contribution < 1.29 is 23.9 Å². The Morgan fingerprint density at radius 1 is 1.14 bits per heavy atom. The summed E-state index contributed by atoms with van der Waals surface area (Å²) < 4.78 is 10.3. The van der Waals surface area contributed by atoms with Crippen LogP contribution in [-0.4, -0.2) is 43.5 Å². The Morgan fingerprint density at radius 3 is 2.34 bits per heavy atom. The van der Waals surface area contributed by atoms with E-state index in [1.807, 2.05) is 0 Å². The van der Waals surface area contributed by atoms with Gasteiger partial charge in [-0.05, 0) is 13.0 Å². The summed E-state index contributed by atoms with van der Waals surface area (Å²) in [7, 11) is 2.98. The van der Waals surface area contributed by atoms with Gasteiger partial charge in [0.2, 0.25) is 5.91 Å². The first-order valence-electron chi connectivity index (χ1n) is 8.70. The Bertz CT molecular complexity index is 958. The molecule has 0 aliphatic carbocycles. The molecule has 1 heterocycles. The lowest BCUT2D eigenvalue weighted by molar-refractivity contribution is -0.133. The predicted octanol–water partition coefficient (Wildman–Crippen LogP) is 2.76. The van der Waals surface area contributed by atoms with Crippen molar-refractivity contribution in [3.8, 4) is 11.5 Å². The molecule has 9 heteroatoms. The van der Waals surface area contributed by atoms with Gasteiger partial charge in [0.25, 0.3) is 5.91 Å². The molecule has 2 N–H and O–H groups in total. The highest BCUT2D eigenvalue weighted by Crippen LogP contribution is 2.33. The number of hydrogen-bond acceptors (Lipinski definition) is 5. The molecule has 152 valence electrons. The quantitative estimate of drug-likeness (QED) is 0.704. The molecule has 2 aromatic rings. The first-order chi connectivity index (χ1) is 13.8. The van der Waals surface area contributed by atoms with Crippen molar-refractivity contribution in [3.63, 3.8) is 0 Å². The molecular weight excluding hydrogens is 398 g/mol. The number of nitrogens with zero attached hydrogens (tertiary/aromatic N) is 1. The maximum absolute atomic E-state index is 12.9. The van der Waals surface area contributed by atoms with Crippen molar-refractivity contribution in [2.45, 2.75) is 12.5 Å². The molecule has 1 saturated heterocycles. The fourth-order valence-corrected chi connectivity index (χ4v) is 3.44. The van der Waals surface area contributed by atoms with Crippen LogP contribution in [0.25, 0.3) is 0 Å². The Morgan fingerprint density at radius 2 is 1.76 bits per heavy atom. The van der Waals surface area contributed by atoms with Gasteiger partial charge in [0.1, 0.15) is 23.6 Å². The van der Waals surface area contributed by atoms with Gasteiger partial charge in [-0.3, -0.25) is 14.5 Å². The molecule has 2 aromatic carbocycles. The number of methoxy groups -OCH3 is 2. The van der Waals surface area contributed by atoms with Crippen LogP contribution < -0.4 is 20.1 Å². The van der Waals surface area contributed by atoms with Crippen LogP contribution in [0.3, 0.4) is 0 Å². The van der Waals surface area contributed by atoms with E-state index < -0.39 is 29.9 Å². The number of rotatable bonds is 6. The topological polar surface area (TPSA) is 97.0 Å². The summed E-state index contributed by atoms with van der Waals surface area (Å²) in [6, 6.07) is 10.9. The molecule has 0 aromatic heterocycles. The minimum atomic E-state index is -1.35. The molecule has 8 nitrogen and oxygen atoms in total. The van der Waals surface area contributed by atoms with Crippen LogP contribution in [0.15, 0.2) is 42.5 Å². The summed E-state index contributed by atoms with van der Waals surface area (Å²) in [6.07, 6.45) is 0. The molecule has 1 aliphatic heterocycles. The van der Waals surface area contributed by atoms with E-state index in [4.69, 9.17) is 21.1 Å². The second-order valence-corrected chi connectivity index (χ2v) is 6.98. The SMILES string of the molecule is COc1cc(NC(=O)CN2C(=O)N[C@](C)(c3ccccc3Cl)C2=O)cc(OC)c1. The Labute approximate surface area is 172 Å². The molecule has 3 rings (SSSR count). The molecule has 29 heavy (non-hydrogen) atoms. The lowest BCUT2D eigenvalue weighted by atomic mass is 9.92. The van der Waals surface area contributed by atoms with Crippen molar-refractivity contribution in [3.05, 3.63) is 53.1 Å². The summed E-state index contributed by atoms with van der Waals surface area (Å²) in [5.74, 6) is -0.136. The third kappa shape index (κ3) is 3.97. The fourth-order valence-electron chi connectivity index (χ4n) is 3.11. The van der Waals surface area contributed by atoms with Crippen LogP contribution in [-0.2, 0) is 15.1 Å². The van der Waals surface area contributed by atoms with Crippen LogP contribution in [0.1, 0.15) is 12.5 Å². The van der Waals surface area contributed by atoms with Gasteiger partial charge in [0, 0.05) is 34.5 Å². The number of carbonyl (C=O) groups excluding carboxylic acids is 3. The van der Waals surface area contributed by atoms with Gasteiger partial charge >= 0.3 is 6.03 Å². The lowest BCUT2D eigenvalue weighted by Gasteiger charge is -2.23. The Hall–Kier alpha value is -3.26. The number of carbonyl (C=O) groups is 3. The lowest BCUT2D eigenvalue weighted by Crippen LogP contribution is -2.42. The van der Waals surface area contributed by atoms with Crippen molar-refractivity contribution in [2.75, 3.05) is 26.1 Å². The minimum Gasteiger partial charge on any atom is -0.497 e. The average molecular weight is 418 g/mol. The third-order valence-electron chi connectivity index (χ3n) is 4.62. The monoisotopic (exact) mass is 417 g/mol. The number of imide groups is 1. The Balaban J connectivity index is 1.77. The summed E-state index contributed by atoms with van der Waals surface area (Å²) in [6.45, 7) is 1.10. The average Bonchev–Trinajstić information content (AvgIpc) is 2.91. The van der Waals surface area contributed by atoms with Crippen LogP contribution in [0.2, 0.25) is 5.02 Å². The van der Waals surface area contributed by atoms with E-state index in [-0.39, 0.29) is 0 Å². The van der Waals surface area contributed by atoms with E-state index in [2.05, 4.69) is 10.6 Å². The first kappa shape index (κ1) is 20.5. The summed E-state index contributed by atoms with van der Waals surface area (Å²) >= 11 is 6.20. The molecular formula is C20H20ClN3O5. The molecule has 0 bridgehead atoms. The number of urea groups is 1. The van der Waals surface area contributed by atoms with E-state index >= 15 is 0 Å². The molecule has 0 saturated carbocycles. The molecule has 0 radical (unpaired) electrons. The molecule has 0 unspecified atom stereocenters. The predicted molar refractivity (Wildman–Crippen MR) is 107 cm³/mol. The molecule has 4 amide bonds. The standard InChI is InChI=1S/C20H20ClN3O5/c1-20(15-6-4-5-7-16(15)21)18(26)24(19(27)23-20)11-17(25)22-12-8-13(28-2)10-14(9-12)29-3/h4-10H,11H2,1-3H3,(H,22,25)(H,23,27)/t20-/m1/s1. The van der Waals surface area contributed by atoms with Gasteiger partial charge in [-0.1, -0.05) is 29.8 Å². The second kappa shape index (κ2) is 8.00. The van der Waals surface area contributed by atoms with Crippen LogP contribution in [0.4, 0.5) is 10.5 Å². The number of halogens is 1. The van der Waals surface area contributed by atoms with Crippen molar-refractivity contribution >= 4 is 35.1 Å². The number of benzene rings is 2. The zero-order chi connectivity index (χ0) is 21.2. The van der Waals surface area contributed by atoms with E-state index in [0.717, 1.165) is 4.90 Å². The maximum Gasteiger partial charge on any atom is 0.325 e. The minimum absolute atomic E-state index is 0.346. The molecule has 0 spiro atoms.